The molecule has 2 aromatic rings. The number of ether oxygens (including phenoxy) is 1. The van der Waals surface area contributed by atoms with Gasteiger partial charge in [-0.25, -0.2) is 13.4 Å². The lowest BCUT2D eigenvalue weighted by molar-refractivity contribution is 0.339. The van der Waals surface area contributed by atoms with Crippen molar-refractivity contribution in [1.82, 2.24) is 13.9 Å². The van der Waals surface area contributed by atoms with Crippen LogP contribution in [-0.2, 0) is 34.9 Å². The predicted molar refractivity (Wildman–Crippen MR) is 92.0 cm³/mol. The Morgan fingerprint density at radius 2 is 2.12 bits per heavy atom. The van der Waals surface area contributed by atoms with Crippen LogP contribution < -0.4 is 4.74 Å². The summed E-state index contributed by atoms with van der Waals surface area (Å²) in [6, 6.07) is 6.01. The van der Waals surface area contributed by atoms with Crippen molar-refractivity contribution in [3.05, 3.63) is 41.3 Å². The van der Waals surface area contributed by atoms with Crippen molar-refractivity contribution in [2.45, 2.75) is 49.2 Å². The van der Waals surface area contributed by atoms with E-state index in [9.17, 15) is 8.42 Å². The molecule has 0 saturated heterocycles. The molecule has 0 bridgehead atoms. The van der Waals surface area contributed by atoms with Crippen LogP contribution in [0.1, 0.15) is 36.2 Å². The smallest absolute Gasteiger partial charge is 0.260 e. The van der Waals surface area contributed by atoms with Gasteiger partial charge in [0.05, 0.1) is 13.3 Å². The molecule has 1 aromatic heterocycles. The van der Waals surface area contributed by atoms with Gasteiger partial charge in [-0.3, -0.25) is 0 Å². The van der Waals surface area contributed by atoms with E-state index in [1.165, 1.54) is 11.8 Å². The van der Waals surface area contributed by atoms with Gasteiger partial charge in [0.1, 0.15) is 11.6 Å². The third kappa shape index (κ3) is 2.18. The molecule has 1 aliphatic carbocycles. The minimum atomic E-state index is -3.53. The number of methoxy groups -OCH3 is 1. The van der Waals surface area contributed by atoms with E-state index in [0.29, 0.717) is 18.1 Å². The first-order valence-electron chi connectivity index (χ1n) is 8.75. The third-order valence-electron chi connectivity index (χ3n) is 5.86. The Morgan fingerprint density at radius 1 is 1.28 bits per heavy atom. The van der Waals surface area contributed by atoms with Crippen LogP contribution in [0.4, 0.5) is 0 Å². The van der Waals surface area contributed by atoms with Gasteiger partial charge in [-0.05, 0) is 42.5 Å². The summed E-state index contributed by atoms with van der Waals surface area (Å²) in [6.07, 6.45) is 5.43. The highest BCUT2D eigenvalue weighted by Gasteiger charge is 2.52. The maximum atomic E-state index is 13.3. The van der Waals surface area contributed by atoms with Crippen LogP contribution in [0.3, 0.4) is 0 Å². The number of sulfonamides is 1. The fourth-order valence-corrected chi connectivity index (χ4v) is 5.95. The second kappa shape index (κ2) is 5.08. The van der Waals surface area contributed by atoms with Gasteiger partial charge in [0, 0.05) is 31.5 Å². The lowest BCUT2D eigenvalue weighted by Gasteiger charge is -2.34. The molecular weight excluding hydrogens is 338 g/mol. The van der Waals surface area contributed by atoms with E-state index in [2.05, 4.69) is 11.1 Å². The number of rotatable bonds is 3. The Kier molecular flexibility index (Phi) is 3.13. The molecule has 3 heterocycles. The standard InChI is InChI=1S/C18H21N3O3S/c1-24-14-5-4-13-11-20(12-18(6-7-18)15(13)9-14)25(22,23)17-10-19-16-3-2-8-21(16)17/h4-5,9-10H,2-3,6-8,11-12H2,1H3. The highest BCUT2D eigenvalue weighted by atomic mass is 32.2. The van der Waals surface area contributed by atoms with Crippen molar-refractivity contribution in [2.24, 2.45) is 0 Å². The van der Waals surface area contributed by atoms with Crippen LogP contribution in [0.5, 0.6) is 5.75 Å². The summed E-state index contributed by atoms with van der Waals surface area (Å²) in [6.45, 7) is 1.72. The van der Waals surface area contributed by atoms with Crippen molar-refractivity contribution in [3.8, 4) is 5.75 Å². The minimum absolute atomic E-state index is 0.0386. The molecule has 0 atom stereocenters. The van der Waals surface area contributed by atoms with Gasteiger partial charge in [0.25, 0.3) is 10.0 Å². The average Bonchev–Trinajstić information content (AvgIpc) is 3.04. The second-order valence-electron chi connectivity index (χ2n) is 7.34. The Labute approximate surface area is 147 Å². The van der Waals surface area contributed by atoms with E-state index in [1.54, 1.807) is 11.4 Å². The molecule has 132 valence electrons. The van der Waals surface area contributed by atoms with Gasteiger partial charge in [-0.1, -0.05) is 6.07 Å². The monoisotopic (exact) mass is 359 g/mol. The number of benzene rings is 1. The molecule has 3 aliphatic rings. The second-order valence-corrected chi connectivity index (χ2v) is 9.23. The van der Waals surface area contributed by atoms with E-state index >= 15 is 0 Å². The Morgan fingerprint density at radius 3 is 2.88 bits per heavy atom. The van der Waals surface area contributed by atoms with Crippen LogP contribution in [0.25, 0.3) is 0 Å². The van der Waals surface area contributed by atoms with Crippen LogP contribution in [-0.4, -0.2) is 35.9 Å². The van der Waals surface area contributed by atoms with E-state index in [1.807, 2.05) is 16.7 Å². The topological polar surface area (TPSA) is 64.4 Å². The number of imidazole rings is 1. The quantitative estimate of drug-likeness (QED) is 0.842. The number of hydrogen-bond acceptors (Lipinski definition) is 4. The molecule has 6 nitrogen and oxygen atoms in total. The molecule has 1 aromatic carbocycles. The number of hydrogen-bond donors (Lipinski definition) is 0. The van der Waals surface area contributed by atoms with E-state index in [0.717, 1.165) is 49.4 Å². The zero-order valence-electron chi connectivity index (χ0n) is 14.2. The summed E-state index contributed by atoms with van der Waals surface area (Å²) in [5, 5.41) is 0.354. The van der Waals surface area contributed by atoms with Crippen molar-refractivity contribution in [1.29, 1.82) is 0 Å². The maximum Gasteiger partial charge on any atom is 0.260 e. The zero-order valence-corrected chi connectivity index (χ0v) is 15.1. The Bertz CT molecular complexity index is 960. The van der Waals surface area contributed by atoms with Crippen molar-refractivity contribution >= 4 is 10.0 Å². The van der Waals surface area contributed by atoms with Gasteiger partial charge in [-0.15, -0.1) is 0 Å². The SMILES string of the molecule is COc1ccc2c(c1)C1(CC1)CN(S(=O)(=O)c1cnc3n1CCC3)C2. The first kappa shape index (κ1) is 15.4. The molecule has 0 N–H and O–H groups in total. The minimum Gasteiger partial charge on any atom is -0.497 e. The normalized spacial score (nSPS) is 21.2. The molecule has 25 heavy (non-hydrogen) atoms. The average molecular weight is 359 g/mol. The van der Waals surface area contributed by atoms with E-state index in [4.69, 9.17) is 4.74 Å². The molecular formula is C18H21N3O3S. The molecule has 0 unspecified atom stereocenters. The van der Waals surface area contributed by atoms with Crippen LogP contribution in [0.15, 0.2) is 29.4 Å². The van der Waals surface area contributed by atoms with Crippen LogP contribution >= 0.6 is 0 Å². The highest BCUT2D eigenvalue weighted by Crippen LogP contribution is 2.53. The van der Waals surface area contributed by atoms with Crippen molar-refractivity contribution < 1.29 is 13.2 Å². The summed E-state index contributed by atoms with van der Waals surface area (Å²) >= 11 is 0. The number of aromatic nitrogens is 2. The third-order valence-corrected chi connectivity index (χ3v) is 7.65. The highest BCUT2D eigenvalue weighted by molar-refractivity contribution is 7.89. The van der Waals surface area contributed by atoms with E-state index < -0.39 is 10.0 Å². The Hall–Kier alpha value is -1.86. The van der Waals surface area contributed by atoms with Crippen LogP contribution in [0, 0.1) is 0 Å². The molecule has 0 amide bonds. The number of nitrogens with zero attached hydrogens (tertiary/aromatic N) is 3. The van der Waals surface area contributed by atoms with Crippen molar-refractivity contribution in [2.75, 3.05) is 13.7 Å². The lowest BCUT2D eigenvalue weighted by Crippen LogP contribution is -2.42. The van der Waals surface area contributed by atoms with Gasteiger partial charge < -0.3 is 9.30 Å². The zero-order chi connectivity index (χ0) is 17.2. The fraction of sp³-hybridized carbons (Fsp3) is 0.500. The first-order valence-corrected chi connectivity index (χ1v) is 10.2. The molecule has 1 spiro atoms. The van der Waals surface area contributed by atoms with Gasteiger partial charge >= 0.3 is 0 Å². The summed E-state index contributed by atoms with van der Waals surface area (Å²) in [4.78, 5) is 4.32. The number of aryl methyl sites for hydroxylation is 1. The maximum absolute atomic E-state index is 13.3. The number of fused-ring (bicyclic) bond motifs is 3. The van der Waals surface area contributed by atoms with E-state index in [-0.39, 0.29) is 5.41 Å². The predicted octanol–water partition coefficient (Wildman–Crippen LogP) is 2.07. The lowest BCUT2D eigenvalue weighted by atomic mass is 9.88. The Balaban J connectivity index is 1.55. The van der Waals surface area contributed by atoms with Gasteiger partial charge in [0.2, 0.25) is 0 Å². The molecule has 5 rings (SSSR count). The molecule has 1 saturated carbocycles. The van der Waals surface area contributed by atoms with Crippen molar-refractivity contribution in [3.63, 3.8) is 0 Å². The van der Waals surface area contributed by atoms with Gasteiger partial charge in [-0.2, -0.15) is 4.31 Å². The fourth-order valence-electron chi connectivity index (χ4n) is 4.30. The molecule has 1 fully saturated rings. The molecule has 7 heteroatoms. The summed E-state index contributed by atoms with van der Waals surface area (Å²) in [7, 11) is -1.86. The molecule has 2 aliphatic heterocycles. The summed E-state index contributed by atoms with van der Waals surface area (Å²) in [5.74, 6) is 1.73. The molecule has 0 radical (unpaired) electrons. The summed E-state index contributed by atoms with van der Waals surface area (Å²) in [5.41, 5.74) is 2.31. The first-order chi connectivity index (χ1) is 12.0. The van der Waals surface area contributed by atoms with Crippen LogP contribution in [0.2, 0.25) is 0 Å². The largest absolute Gasteiger partial charge is 0.497 e. The van der Waals surface area contributed by atoms with Gasteiger partial charge in [0.15, 0.2) is 5.03 Å². The summed E-state index contributed by atoms with van der Waals surface area (Å²) < 4.78 is 35.5.